The number of nitrogens with zero attached hydrogens (tertiary/aromatic N) is 5. The molecule has 2 aliphatic rings. The first-order valence-electron chi connectivity index (χ1n) is 14.4. The second-order valence-electron chi connectivity index (χ2n) is 11.2. The maximum Gasteiger partial charge on any atom is 0.573 e. The lowest BCUT2D eigenvalue weighted by atomic mass is 10.1. The van der Waals surface area contributed by atoms with Gasteiger partial charge in [0.25, 0.3) is 0 Å². The fourth-order valence-electron chi connectivity index (χ4n) is 5.59. The van der Waals surface area contributed by atoms with Gasteiger partial charge in [-0.15, -0.1) is 18.3 Å². The largest absolute Gasteiger partial charge is 0.573 e. The number of nitrogens with one attached hydrogen (secondary N) is 1. The van der Waals surface area contributed by atoms with Crippen LogP contribution in [0.3, 0.4) is 0 Å². The molecule has 8 nitrogen and oxygen atoms in total. The topological polar surface area (TPSA) is 87.8 Å². The molecule has 2 fully saturated rings. The highest BCUT2D eigenvalue weighted by Crippen LogP contribution is 2.42. The number of ether oxygens (including phenoxy) is 1. The Hall–Kier alpha value is -3.87. The Balaban J connectivity index is 1.08. The summed E-state index contributed by atoms with van der Waals surface area (Å²) in [5, 5.41) is 19.5. The summed E-state index contributed by atoms with van der Waals surface area (Å²) in [4.78, 5) is 11.3. The van der Waals surface area contributed by atoms with Crippen LogP contribution < -0.4 is 15.0 Å². The summed E-state index contributed by atoms with van der Waals surface area (Å²) in [5.41, 5.74) is 6.06. The van der Waals surface area contributed by atoms with Crippen molar-refractivity contribution in [2.24, 2.45) is 4.99 Å². The van der Waals surface area contributed by atoms with Crippen molar-refractivity contribution in [1.29, 1.82) is 0 Å². The van der Waals surface area contributed by atoms with Gasteiger partial charge in [-0.1, -0.05) is 54.2 Å². The molecule has 0 radical (unpaired) electrons. The van der Waals surface area contributed by atoms with Gasteiger partial charge in [0, 0.05) is 35.0 Å². The van der Waals surface area contributed by atoms with Crippen molar-refractivity contribution in [3.05, 3.63) is 89.7 Å². The normalized spacial score (nSPS) is 21.8. The molecule has 1 aliphatic heterocycles. The molecule has 0 amide bonds. The molecule has 1 saturated heterocycles. The van der Waals surface area contributed by atoms with E-state index in [0.717, 1.165) is 40.6 Å². The van der Waals surface area contributed by atoms with Crippen LogP contribution in [0.5, 0.6) is 5.75 Å². The molecule has 4 atom stereocenters. The zero-order valence-electron chi connectivity index (χ0n) is 24.5. The lowest BCUT2D eigenvalue weighted by Crippen LogP contribution is -2.43. The molecule has 2 heterocycles. The van der Waals surface area contributed by atoms with Gasteiger partial charge in [0.2, 0.25) is 6.35 Å². The molecule has 2 N–H and O–H groups in total. The second kappa shape index (κ2) is 12.3. The number of aliphatic hydroxyl groups excluding tert-OH is 1. The van der Waals surface area contributed by atoms with Crippen molar-refractivity contribution in [3.63, 3.8) is 0 Å². The van der Waals surface area contributed by atoms with E-state index in [1.165, 1.54) is 46.4 Å². The van der Waals surface area contributed by atoms with E-state index in [2.05, 4.69) is 64.0 Å². The second-order valence-corrected chi connectivity index (χ2v) is 12.2. The number of aryl methyl sites for hydroxylation is 2. The van der Waals surface area contributed by atoms with E-state index in [9.17, 15) is 18.3 Å². The van der Waals surface area contributed by atoms with Gasteiger partial charge in [0.1, 0.15) is 12.1 Å². The average Bonchev–Trinajstić information content (AvgIpc) is 3.55. The van der Waals surface area contributed by atoms with E-state index >= 15 is 0 Å². The number of aromatic nitrogens is 3. The first-order valence-corrected chi connectivity index (χ1v) is 15.4. The number of benzene rings is 3. The molecule has 1 saturated carbocycles. The van der Waals surface area contributed by atoms with Gasteiger partial charge >= 0.3 is 6.36 Å². The van der Waals surface area contributed by atoms with Crippen molar-refractivity contribution >= 4 is 22.6 Å². The number of hydrogen-bond donors (Lipinski definition) is 2. The molecule has 44 heavy (non-hydrogen) atoms. The van der Waals surface area contributed by atoms with Crippen LogP contribution in [0.25, 0.3) is 17.1 Å². The van der Waals surface area contributed by atoms with Crippen LogP contribution in [0.1, 0.15) is 42.4 Å². The number of thioether (sulfide) groups is 1. The van der Waals surface area contributed by atoms with E-state index in [0.29, 0.717) is 11.5 Å². The van der Waals surface area contributed by atoms with Crippen molar-refractivity contribution < 1.29 is 23.0 Å². The highest BCUT2D eigenvalue weighted by molar-refractivity contribution is 8.14. The first kappa shape index (κ1) is 30.2. The third kappa shape index (κ3) is 6.77. The molecular weight excluding hydrogens is 589 g/mol. The number of para-hydroxylation sites is 1. The summed E-state index contributed by atoms with van der Waals surface area (Å²) in [6.45, 7) is 6.43. The third-order valence-electron chi connectivity index (χ3n) is 7.90. The number of anilines is 1. The van der Waals surface area contributed by atoms with E-state index in [1.54, 1.807) is 11.8 Å². The van der Waals surface area contributed by atoms with Gasteiger partial charge in [-0.05, 0) is 74.6 Å². The molecule has 6 rings (SSSR count). The van der Waals surface area contributed by atoms with E-state index in [1.807, 2.05) is 24.3 Å². The van der Waals surface area contributed by atoms with Crippen molar-refractivity contribution in [3.8, 4) is 22.8 Å². The molecule has 1 aliphatic carbocycles. The molecule has 230 valence electrons. The van der Waals surface area contributed by atoms with Crippen molar-refractivity contribution in [2.75, 3.05) is 10.7 Å². The SMILES string of the molecule is Cc1cccc(C)c1N1C(=NC(O)NC2CC2c2ccc(-c3ncn(-c4ccc(OC(F)(F)F)cc4)n3)cc2)SCCC1C. The Morgan fingerprint density at radius 2 is 1.75 bits per heavy atom. The number of aliphatic imine (C=N–C) groups is 1. The van der Waals surface area contributed by atoms with Gasteiger partial charge in [-0.3, -0.25) is 5.32 Å². The predicted molar refractivity (Wildman–Crippen MR) is 166 cm³/mol. The molecular formula is C32H33F3N6O2S. The van der Waals surface area contributed by atoms with E-state index < -0.39 is 12.7 Å². The summed E-state index contributed by atoms with van der Waals surface area (Å²) in [5.74, 6) is 1.42. The monoisotopic (exact) mass is 622 g/mol. The maximum atomic E-state index is 12.4. The number of aliphatic hydroxyl groups is 1. The molecule has 4 unspecified atom stereocenters. The molecule has 3 aromatic carbocycles. The Bertz CT molecular complexity index is 1620. The Morgan fingerprint density at radius 3 is 2.43 bits per heavy atom. The quantitative estimate of drug-likeness (QED) is 0.215. The summed E-state index contributed by atoms with van der Waals surface area (Å²) in [6, 6.07) is 20.1. The zero-order chi connectivity index (χ0) is 31.0. The Morgan fingerprint density at radius 1 is 1.05 bits per heavy atom. The van der Waals surface area contributed by atoms with Crippen molar-refractivity contribution in [1.82, 2.24) is 20.1 Å². The summed E-state index contributed by atoms with van der Waals surface area (Å²) in [6.07, 6.45) is -2.29. The van der Waals surface area contributed by atoms with Gasteiger partial charge in [0.05, 0.1) is 5.69 Å². The molecule has 12 heteroatoms. The fraction of sp³-hybridized carbons (Fsp3) is 0.344. The van der Waals surface area contributed by atoms with Crippen LogP contribution in [-0.2, 0) is 0 Å². The van der Waals surface area contributed by atoms with Gasteiger partial charge in [-0.25, -0.2) is 14.7 Å². The highest BCUT2D eigenvalue weighted by atomic mass is 32.2. The number of rotatable bonds is 8. The smallest absolute Gasteiger partial charge is 0.406 e. The Kier molecular flexibility index (Phi) is 8.40. The molecule has 0 bridgehead atoms. The van der Waals surface area contributed by atoms with E-state index in [-0.39, 0.29) is 23.8 Å². The fourth-order valence-corrected chi connectivity index (χ4v) is 6.82. The van der Waals surface area contributed by atoms with Crippen LogP contribution >= 0.6 is 11.8 Å². The first-order chi connectivity index (χ1) is 21.1. The maximum absolute atomic E-state index is 12.4. The van der Waals surface area contributed by atoms with Crippen LogP contribution in [0.4, 0.5) is 18.9 Å². The lowest BCUT2D eigenvalue weighted by molar-refractivity contribution is -0.274. The summed E-state index contributed by atoms with van der Waals surface area (Å²) < 4.78 is 42.7. The standard InChI is InChI=1S/C32H33F3N6O2S/c1-19-5-4-6-20(2)28(19)41-21(3)15-16-44-31(41)38-30(42)37-27-17-26(27)22-7-9-23(10-8-22)29-36-18-40(39-29)24-11-13-25(14-12-24)43-32(33,34)35/h4-14,18,21,26-27,30,37,42H,15-17H2,1-3H3. The van der Waals surface area contributed by atoms with Crippen molar-refractivity contribution in [2.45, 2.75) is 64.3 Å². The van der Waals surface area contributed by atoms with Gasteiger partial charge < -0.3 is 14.7 Å². The van der Waals surface area contributed by atoms with Crippen LogP contribution in [0, 0.1) is 13.8 Å². The van der Waals surface area contributed by atoms with Gasteiger partial charge in [0.15, 0.2) is 11.0 Å². The summed E-state index contributed by atoms with van der Waals surface area (Å²) >= 11 is 1.68. The van der Waals surface area contributed by atoms with Gasteiger partial charge in [-0.2, -0.15) is 0 Å². The number of halogens is 3. The number of alkyl halides is 3. The third-order valence-corrected chi connectivity index (χ3v) is 8.90. The van der Waals surface area contributed by atoms with Crippen LogP contribution in [0.2, 0.25) is 0 Å². The lowest BCUT2D eigenvalue weighted by Gasteiger charge is -2.38. The molecule has 0 spiro atoms. The predicted octanol–water partition coefficient (Wildman–Crippen LogP) is 6.56. The highest BCUT2D eigenvalue weighted by Gasteiger charge is 2.39. The molecule has 1 aromatic heterocycles. The minimum absolute atomic E-state index is 0.112. The minimum atomic E-state index is -4.74. The summed E-state index contributed by atoms with van der Waals surface area (Å²) in [7, 11) is 0. The number of amidine groups is 1. The zero-order valence-corrected chi connectivity index (χ0v) is 25.3. The Labute approximate surface area is 258 Å². The minimum Gasteiger partial charge on any atom is -0.406 e. The van der Waals surface area contributed by atoms with Crippen LogP contribution in [-0.4, -0.2) is 55.6 Å². The average molecular weight is 623 g/mol. The van der Waals surface area contributed by atoms with Crippen LogP contribution in [0.15, 0.2) is 78.0 Å². The van der Waals surface area contributed by atoms with E-state index in [4.69, 9.17) is 4.99 Å². The molecule has 4 aromatic rings. The number of hydrogen-bond acceptors (Lipinski definition) is 7.